The van der Waals surface area contributed by atoms with Crippen molar-refractivity contribution in [3.05, 3.63) is 129 Å². The molecule has 1 saturated carbocycles. The molecule has 11 nitrogen and oxygen atoms in total. The second-order valence-corrected chi connectivity index (χ2v) is 14.6. The summed E-state index contributed by atoms with van der Waals surface area (Å²) < 4.78 is 34.9. The molecule has 0 bridgehead atoms. The maximum absolute atomic E-state index is 14.7. The molecule has 0 aliphatic heterocycles. The molecule has 1 aliphatic carbocycles. The largest absolute Gasteiger partial charge is 0.497 e. The maximum Gasteiger partial charge on any atom is 0.273 e. The molecule has 0 radical (unpaired) electrons. The maximum atomic E-state index is 14.7. The Morgan fingerprint density at radius 2 is 1.62 bits per heavy atom. The second-order valence-electron chi connectivity index (χ2n) is 12.3. The van der Waals surface area contributed by atoms with Crippen LogP contribution in [-0.4, -0.2) is 55.8 Å². The summed E-state index contributed by atoms with van der Waals surface area (Å²) >= 11 is 6.16. The lowest BCUT2D eigenvalue weighted by Gasteiger charge is -2.34. The first-order valence-corrected chi connectivity index (χ1v) is 18.1. The van der Waals surface area contributed by atoms with Crippen LogP contribution in [0.4, 0.5) is 11.4 Å². The highest BCUT2D eigenvalue weighted by Crippen LogP contribution is 2.30. The number of rotatable bonds is 14. The van der Waals surface area contributed by atoms with E-state index in [1.54, 1.807) is 36.4 Å². The lowest BCUT2D eigenvalue weighted by molar-refractivity contribution is -0.385. The van der Waals surface area contributed by atoms with Crippen LogP contribution in [-0.2, 0) is 32.6 Å². The second kappa shape index (κ2) is 16.2. The van der Waals surface area contributed by atoms with E-state index < -0.39 is 33.4 Å². The molecule has 13 heteroatoms. The summed E-state index contributed by atoms with van der Waals surface area (Å²) in [5, 5.41) is 15.4. The Labute approximate surface area is 297 Å². The zero-order valence-corrected chi connectivity index (χ0v) is 29.4. The highest BCUT2D eigenvalue weighted by molar-refractivity contribution is 7.92. The number of carbonyl (C=O) groups is 2. The Kier molecular flexibility index (Phi) is 11.8. The minimum atomic E-state index is -4.55. The number of nitrogens with one attached hydrogen (secondary N) is 1. The predicted octanol–water partition coefficient (Wildman–Crippen LogP) is 6.46. The first kappa shape index (κ1) is 36.3. The van der Waals surface area contributed by atoms with E-state index >= 15 is 0 Å². The van der Waals surface area contributed by atoms with Gasteiger partial charge in [-0.15, -0.1) is 0 Å². The number of hydrogen-bond acceptors (Lipinski definition) is 7. The van der Waals surface area contributed by atoms with Crippen LogP contribution in [0.25, 0.3) is 0 Å². The zero-order chi connectivity index (χ0) is 35.8. The van der Waals surface area contributed by atoms with Crippen molar-refractivity contribution in [3.8, 4) is 5.75 Å². The van der Waals surface area contributed by atoms with Crippen LogP contribution in [0.2, 0.25) is 5.02 Å². The number of aryl methyl sites for hydroxylation is 1. The first-order chi connectivity index (χ1) is 24.0. The van der Waals surface area contributed by atoms with E-state index in [1.165, 1.54) is 43.2 Å². The summed E-state index contributed by atoms with van der Waals surface area (Å²) in [5.41, 5.74) is 1.54. The van der Waals surface area contributed by atoms with Gasteiger partial charge in [-0.05, 0) is 73.4 Å². The molecule has 4 aromatic rings. The minimum absolute atomic E-state index is 0.0158. The van der Waals surface area contributed by atoms with Crippen LogP contribution in [0.3, 0.4) is 0 Å². The molecule has 1 unspecified atom stereocenters. The Morgan fingerprint density at radius 3 is 2.24 bits per heavy atom. The SMILES string of the molecule is COc1ccc(N(CC(=O)N(Cc2ccc(Cl)cc2)C(Cc2ccccc2)C(=O)NC2CCCC2)S(=O)(=O)c2ccc(C)c([N+](=O)[O-])c2)cc1. The molecule has 1 atom stereocenters. The fourth-order valence-electron chi connectivity index (χ4n) is 6.06. The molecule has 2 amide bonds. The Bertz CT molecular complexity index is 1920. The molecule has 5 rings (SSSR count). The van der Waals surface area contributed by atoms with E-state index in [0.717, 1.165) is 41.6 Å². The monoisotopic (exact) mass is 718 g/mol. The van der Waals surface area contributed by atoms with Gasteiger partial charge >= 0.3 is 0 Å². The summed E-state index contributed by atoms with van der Waals surface area (Å²) in [5.74, 6) is -0.529. The van der Waals surface area contributed by atoms with E-state index in [2.05, 4.69) is 5.32 Å². The molecule has 0 saturated heterocycles. The van der Waals surface area contributed by atoms with Crippen molar-refractivity contribution in [2.24, 2.45) is 0 Å². The number of benzene rings is 4. The number of nitro groups is 1. The van der Waals surface area contributed by atoms with Crippen molar-refractivity contribution in [1.29, 1.82) is 0 Å². The van der Waals surface area contributed by atoms with Crippen LogP contribution in [0, 0.1) is 17.0 Å². The number of methoxy groups -OCH3 is 1. The third-order valence-electron chi connectivity index (χ3n) is 8.84. The Morgan fingerprint density at radius 1 is 0.960 bits per heavy atom. The van der Waals surface area contributed by atoms with Crippen molar-refractivity contribution in [2.75, 3.05) is 18.0 Å². The Balaban J connectivity index is 1.59. The van der Waals surface area contributed by atoms with Crippen LogP contribution < -0.4 is 14.4 Å². The van der Waals surface area contributed by atoms with Crippen molar-refractivity contribution < 1.29 is 27.7 Å². The summed E-state index contributed by atoms with van der Waals surface area (Å²) in [6.45, 7) is 0.793. The Hall–Kier alpha value is -4.94. The fourth-order valence-corrected chi connectivity index (χ4v) is 7.62. The number of sulfonamides is 1. The number of anilines is 1. The third kappa shape index (κ3) is 8.80. The van der Waals surface area contributed by atoms with Gasteiger partial charge in [-0.25, -0.2) is 8.42 Å². The van der Waals surface area contributed by atoms with Gasteiger partial charge in [0, 0.05) is 35.7 Å². The molecule has 0 spiro atoms. The molecule has 1 N–H and O–H groups in total. The molecular weight excluding hydrogens is 680 g/mol. The molecule has 1 fully saturated rings. The highest BCUT2D eigenvalue weighted by atomic mass is 35.5. The van der Waals surface area contributed by atoms with Gasteiger partial charge < -0.3 is 15.0 Å². The van der Waals surface area contributed by atoms with E-state index in [4.69, 9.17) is 16.3 Å². The van der Waals surface area contributed by atoms with Gasteiger partial charge in [-0.1, -0.05) is 73.0 Å². The highest BCUT2D eigenvalue weighted by Gasteiger charge is 2.36. The number of amides is 2. The van der Waals surface area contributed by atoms with Crippen LogP contribution in [0.1, 0.15) is 42.4 Å². The smallest absolute Gasteiger partial charge is 0.273 e. The van der Waals surface area contributed by atoms with E-state index in [-0.39, 0.29) is 46.7 Å². The van der Waals surface area contributed by atoms with Gasteiger partial charge in [0.2, 0.25) is 11.8 Å². The normalized spacial score (nSPS) is 13.7. The van der Waals surface area contributed by atoms with Gasteiger partial charge in [-0.2, -0.15) is 0 Å². The molecular formula is C37H39ClN4O7S. The number of nitro benzene ring substituents is 1. The lowest BCUT2D eigenvalue weighted by atomic mass is 10.0. The first-order valence-electron chi connectivity index (χ1n) is 16.3. The molecule has 262 valence electrons. The number of carbonyl (C=O) groups excluding carboxylic acids is 2. The van der Waals surface area contributed by atoms with Crippen LogP contribution in [0.15, 0.2) is 102 Å². The average Bonchev–Trinajstić information content (AvgIpc) is 3.63. The van der Waals surface area contributed by atoms with E-state index in [9.17, 15) is 28.1 Å². The molecule has 0 heterocycles. The number of nitrogens with zero attached hydrogens (tertiary/aromatic N) is 3. The molecule has 0 aromatic heterocycles. The predicted molar refractivity (Wildman–Crippen MR) is 192 cm³/mol. The molecule has 4 aromatic carbocycles. The summed E-state index contributed by atoms with van der Waals surface area (Å²) in [6.07, 6.45) is 3.83. The quantitative estimate of drug-likeness (QED) is 0.117. The third-order valence-corrected chi connectivity index (χ3v) is 10.9. The van der Waals surface area contributed by atoms with Crippen LogP contribution >= 0.6 is 11.6 Å². The number of ether oxygens (including phenoxy) is 1. The van der Waals surface area contributed by atoms with Gasteiger partial charge in [0.05, 0.1) is 22.6 Å². The fraction of sp³-hybridized carbons (Fsp3) is 0.297. The topological polar surface area (TPSA) is 139 Å². The van der Waals surface area contributed by atoms with Gasteiger partial charge in [0.15, 0.2) is 0 Å². The lowest BCUT2D eigenvalue weighted by Crippen LogP contribution is -2.54. The molecule has 1 aliphatic rings. The zero-order valence-electron chi connectivity index (χ0n) is 27.8. The van der Waals surface area contributed by atoms with Gasteiger partial charge in [0.1, 0.15) is 18.3 Å². The van der Waals surface area contributed by atoms with Crippen molar-refractivity contribution in [2.45, 2.75) is 62.6 Å². The van der Waals surface area contributed by atoms with Crippen LogP contribution in [0.5, 0.6) is 5.75 Å². The number of halogens is 1. The minimum Gasteiger partial charge on any atom is -0.497 e. The van der Waals surface area contributed by atoms with E-state index in [0.29, 0.717) is 16.3 Å². The van der Waals surface area contributed by atoms with E-state index in [1.807, 2.05) is 30.3 Å². The van der Waals surface area contributed by atoms with Crippen molar-refractivity contribution >= 4 is 44.8 Å². The molecule has 50 heavy (non-hydrogen) atoms. The summed E-state index contributed by atoms with van der Waals surface area (Å²) in [6, 6.07) is 24.9. The summed E-state index contributed by atoms with van der Waals surface area (Å²) in [7, 11) is -3.09. The average molecular weight is 719 g/mol. The van der Waals surface area contributed by atoms with Gasteiger partial charge in [0.25, 0.3) is 15.7 Å². The van der Waals surface area contributed by atoms with Gasteiger partial charge in [-0.3, -0.25) is 24.0 Å². The standard InChI is InChI=1S/C37H39ClN4O7S/c1-26-12-21-33(23-34(26)42(45)46)50(47,48)41(31-17-19-32(49-2)20-18-31)25-36(43)40(24-28-13-15-29(38)16-14-28)35(22-27-8-4-3-5-9-27)37(44)39-30-10-6-7-11-30/h3-5,8-9,12-21,23,30,35H,6-7,10-11,22,24-25H2,1-2H3,(H,39,44). The summed E-state index contributed by atoms with van der Waals surface area (Å²) in [4.78, 5) is 41.0. The number of hydrogen-bond donors (Lipinski definition) is 1. The van der Waals surface area contributed by atoms with Crippen molar-refractivity contribution in [1.82, 2.24) is 10.2 Å². The van der Waals surface area contributed by atoms with Crippen molar-refractivity contribution in [3.63, 3.8) is 0 Å².